The third kappa shape index (κ3) is 5.63. The molecule has 1 amide bonds. The maximum absolute atomic E-state index is 11.9. The number of hydrogen-bond donors (Lipinski definition) is 2. The maximum atomic E-state index is 11.9. The first-order valence-electron chi connectivity index (χ1n) is 7.23. The van der Waals surface area contributed by atoms with Crippen molar-refractivity contribution >= 4 is 33.5 Å². The summed E-state index contributed by atoms with van der Waals surface area (Å²) in [5.41, 5.74) is 0.989. The molecule has 0 aliphatic heterocycles. The minimum Gasteiger partial charge on any atom is -0.480 e. The lowest BCUT2D eigenvalue weighted by atomic mass is 10.1. The van der Waals surface area contributed by atoms with Crippen LogP contribution < -0.4 is 10.2 Å². The Hall–Kier alpha value is -1.63. The molecule has 1 aromatic heterocycles. The van der Waals surface area contributed by atoms with E-state index in [1.165, 1.54) is 6.92 Å². The molecule has 0 bridgehead atoms. The van der Waals surface area contributed by atoms with Crippen LogP contribution >= 0.6 is 15.9 Å². The molecular formula is C15H22BrN3O3. The van der Waals surface area contributed by atoms with Gasteiger partial charge in [-0.05, 0) is 42.3 Å². The number of hydrogen-bond acceptors (Lipinski definition) is 4. The van der Waals surface area contributed by atoms with Gasteiger partial charge in [0, 0.05) is 29.7 Å². The number of carbonyl (C=O) groups excluding carboxylic acids is 1. The zero-order valence-electron chi connectivity index (χ0n) is 13.0. The zero-order valence-corrected chi connectivity index (χ0v) is 14.6. The summed E-state index contributed by atoms with van der Waals surface area (Å²) in [7, 11) is 0. The van der Waals surface area contributed by atoms with Crippen LogP contribution in [0.25, 0.3) is 0 Å². The maximum Gasteiger partial charge on any atom is 0.325 e. The number of aromatic nitrogens is 1. The minimum atomic E-state index is -1.03. The second-order valence-corrected chi connectivity index (χ2v) is 6.11. The number of amides is 1. The molecule has 0 spiro atoms. The van der Waals surface area contributed by atoms with E-state index in [1.807, 2.05) is 13.0 Å². The molecule has 1 aromatic rings. The van der Waals surface area contributed by atoms with E-state index in [9.17, 15) is 9.59 Å². The van der Waals surface area contributed by atoms with E-state index in [4.69, 9.17) is 5.11 Å². The number of carbonyl (C=O) groups is 2. The Labute approximate surface area is 139 Å². The van der Waals surface area contributed by atoms with E-state index in [2.05, 4.69) is 31.1 Å². The van der Waals surface area contributed by atoms with Crippen LogP contribution in [0.4, 0.5) is 5.69 Å². The van der Waals surface area contributed by atoms with Gasteiger partial charge in [-0.15, -0.1) is 0 Å². The molecule has 0 fully saturated rings. The molecule has 1 heterocycles. The minimum absolute atomic E-state index is 0.238. The van der Waals surface area contributed by atoms with Crippen molar-refractivity contribution in [1.29, 1.82) is 0 Å². The Balaban J connectivity index is 2.55. The summed E-state index contributed by atoms with van der Waals surface area (Å²) in [5, 5.41) is 11.3. The van der Waals surface area contributed by atoms with Crippen molar-refractivity contribution in [2.75, 3.05) is 18.0 Å². The molecule has 0 radical (unpaired) electrons. The van der Waals surface area contributed by atoms with Crippen molar-refractivity contribution in [1.82, 2.24) is 10.3 Å². The molecule has 2 atom stereocenters. The van der Waals surface area contributed by atoms with Crippen molar-refractivity contribution in [2.24, 2.45) is 5.92 Å². The van der Waals surface area contributed by atoms with Crippen LogP contribution in [-0.2, 0) is 9.59 Å². The topological polar surface area (TPSA) is 82.5 Å². The Kier molecular flexibility index (Phi) is 7.31. The smallest absolute Gasteiger partial charge is 0.325 e. The third-order valence-electron chi connectivity index (χ3n) is 3.45. The molecule has 122 valence electrons. The van der Waals surface area contributed by atoms with Crippen LogP contribution in [0, 0.1) is 5.92 Å². The number of halogens is 1. The van der Waals surface area contributed by atoms with Crippen LogP contribution in [0.2, 0.25) is 0 Å². The van der Waals surface area contributed by atoms with Gasteiger partial charge in [0.2, 0.25) is 5.91 Å². The van der Waals surface area contributed by atoms with E-state index in [0.717, 1.165) is 16.7 Å². The second-order valence-electron chi connectivity index (χ2n) is 5.20. The highest BCUT2D eigenvalue weighted by Crippen LogP contribution is 2.19. The van der Waals surface area contributed by atoms with E-state index in [-0.39, 0.29) is 11.8 Å². The van der Waals surface area contributed by atoms with Crippen molar-refractivity contribution < 1.29 is 14.7 Å². The van der Waals surface area contributed by atoms with Crippen molar-refractivity contribution in [3.05, 3.63) is 22.9 Å². The van der Waals surface area contributed by atoms with E-state index < -0.39 is 12.0 Å². The van der Waals surface area contributed by atoms with Gasteiger partial charge in [0.15, 0.2) is 0 Å². The van der Waals surface area contributed by atoms with Crippen molar-refractivity contribution in [2.45, 2.75) is 33.2 Å². The Morgan fingerprint density at radius 3 is 2.64 bits per heavy atom. The first-order valence-corrected chi connectivity index (χ1v) is 8.03. The molecule has 0 saturated carbocycles. The Morgan fingerprint density at radius 2 is 2.09 bits per heavy atom. The zero-order chi connectivity index (χ0) is 16.7. The summed E-state index contributed by atoms with van der Waals surface area (Å²) in [5.74, 6) is -1.52. The molecule has 0 aliphatic rings. The fourth-order valence-electron chi connectivity index (χ4n) is 1.94. The van der Waals surface area contributed by atoms with Crippen LogP contribution in [0.1, 0.15) is 27.2 Å². The van der Waals surface area contributed by atoms with Crippen LogP contribution in [0.5, 0.6) is 0 Å². The predicted octanol–water partition coefficient (Wildman–Crippen LogP) is 2.29. The fraction of sp³-hybridized carbons (Fsp3) is 0.533. The fourth-order valence-corrected chi connectivity index (χ4v) is 2.29. The monoisotopic (exact) mass is 371 g/mol. The van der Waals surface area contributed by atoms with E-state index in [0.29, 0.717) is 13.0 Å². The first-order chi connectivity index (χ1) is 10.3. The predicted molar refractivity (Wildman–Crippen MR) is 88.8 cm³/mol. The second kappa shape index (κ2) is 8.73. The summed E-state index contributed by atoms with van der Waals surface area (Å²) in [4.78, 5) is 29.0. The van der Waals surface area contributed by atoms with Gasteiger partial charge in [0.25, 0.3) is 0 Å². The molecule has 1 rings (SSSR count). The van der Waals surface area contributed by atoms with E-state index >= 15 is 0 Å². The number of rotatable bonds is 8. The number of aliphatic carboxylic acids is 1. The lowest BCUT2D eigenvalue weighted by molar-refractivity contribution is -0.141. The molecule has 22 heavy (non-hydrogen) atoms. The van der Waals surface area contributed by atoms with E-state index in [1.54, 1.807) is 19.3 Å². The van der Waals surface area contributed by atoms with Gasteiger partial charge in [-0.3, -0.25) is 14.6 Å². The number of nitrogens with one attached hydrogen (secondary N) is 1. The van der Waals surface area contributed by atoms with Crippen molar-refractivity contribution in [3.8, 4) is 0 Å². The highest BCUT2D eigenvalue weighted by atomic mass is 79.9. The standard InChI is InChI=1S/C15H22BrN3O3/c1-4-19(13-7-12(16)8-17-9-13)6-5-10(2)14(20)18-11(3)15(21)22/h7-11H,4-6H2,1-3H3,(H,18,20)(H,21,22)/t10?,11-/m0/s1. The summed E-state index contributed by atoms with van der Waals surface area (Å²) in [6.45, 7) is 6.80. The molecule has 1 unspecified atom stereocenters. The molecule has 6 nitrogen and oxygen atoms in total. The van der Waals surface area contributed by atoms with Crippen LogP contribution in [0.15, 0.2) is 22.9 Å². The number of nitrogens with zero attached hydrogens (tertiary/aromatic N) is 2. The van der Waals surface area contributed by atoms with Crippen LogP contribution in [0.3, 0.4) is 0 Å². The number of carboxylic acids is 1. The molecule has 0 aliphatic carbocycles. The van der Waals surface area contributed by atoms with Gasteiger partial charge in [0.05, 0.1) is 11.9 Å². The molecule has 2 N–H and O–H groups in total. The van der Waals surface area contributed by atoms with Crippen LogP contribution in [-0.4, -0.2) is 41.1 Å². The van der Waals surface area contributed by atoms with Gasteiger partial charge in [-0.1, -0.05) is 6.92 Å². The van der Waals surface area contributed by atoms with Gasteiger partial charge < -0.3 is 15.3 Å². The SMILES string of the molecule is CCN(CCC(C)C(=O)N[C@@H](C)C(=O)O)c1cncc(Br)c1. The molecule has 0 saturated heterocycles. The normalized spacial score (nSPS) is 13.3. The summed E-state index contributed by atoms with van der Waals surface area (Å²) in [6, 6.07) is 1.11. The average Bonchev–Trinajstić information content (AvgIpc) is 2.47. The largest absolute Gasteiger partial charge is 0.480 e. The molecule has 7 heteroatoms. The molecule has 0 aromatic carbocycles. The Bertz CT molecular complexity index is 525. The summed E-state index contributed by atoms with van der Waals surface area (Å²) in [6.07, 6.45) is 4.14. The van der Waals surface area contributed by atoms with Gasteiger partial charge in [-0.2, -0.15) is 0 Å². The third-order valence-corrected chi connectivity index (χ3v) is 3.88. The lowest BCUT2D eigenvalue weighted by Crippen LogP contribution is -2.41. The number of anilines is 1. The van der Waals surface area contributed by atoms with Gasteiger partial charge in [-0.25, -0.2) is 0 Å². The highest BCUT2D eigenvalue weighted by Gasteiger charge is 2.19. The summed E-state index contributed by atoms with van der Waals surface area (Å²) >= 11 is 3.39. The van der Waals surface area contributed by atoms with Crippen molar-refractivity contribution in [3.63, 3.8) is 0 Å². The molecular weight excluding hydrogens is 350 g/mol. The van der Waals surface area contributed by atoms with Gasteiger partial charge >= 0.3 is 5.97 Å². The number of carboxylic acid groups (broad SMARTS) is 1. The lowest BCUT2D eigenvalue weighted by Gasteiger charge is -2.24. The number of pyridine rings is 1. The first kappa shape index (κ1) is 18.4. The Morgan fingerprint density at radius 1 is 1.41 bits per heavy atom. The quantitative estimate of drug-likeness (QED) is 0.732. The average molecular weight is 372 g/mol. The highest BCUT2D eigenvalue weighted by molar-refractivity contribution is 9.10. The van der Waals surface area contributed by atoms with Gasteiger partial charge in [0.1, 0.15) is 6.04 Å². The summed E-state index contributed by atoms with van der Waals surface area (Å²) < 4.78 is 0.907.